The topological polar surface area (TPSA) is 184 Å². The van der Waals surface area contributed by atoms with Crippen molar-refractivity contribution in [3.05, 3.63) is 79.0 Å². The van der Waals surface area contributed by atoms with Gasteiger partial charge in [0.25, 0.3) is 23.2 Å². The molecule has 0 radical (unpaired) electrons. The van der Waals surface area contributed by atoms with Crippen molar-refractivity contribution < 1.29 is 28.9 Å². The van der Waals surface area contributed by atoms with Crippen LogP contribution in [0.5, 0.6) is 11.5 Å². The van der Waals surface area contributed by atoms with E-state index in [9.17, 15) is 35.1 Å². The summed E-state index contributed by atoms with van der Waals surface area (Å²) in [5, 5.41) is 37.1. The van der Waals surface area contributed by atoms with Gasteiger partial charge in [-0.3, -0.25) is 34.5 Å². The monoisotopic (exact) mass is 550 g/mol. The predicted octanol–water partition coefficient (Wildman–Crippen LogP) is 4.48. The summed E-state index contributed by atoms with van der Waals surface area (Å²) in [4.78, 5) is 50.6. The van der Waals surface area contributed by atoms with E-state index >= 15 is 0 Å². The molecule has 3 rings (SSSR count). The van der Waals surface area contributed by atoms with Crippen molar-refractivity contribution in [2.75, 3.05) is 18.1 Å². The van der Waals surface area contributed by atoms with Crippen LogP contribution < -0.4 is 14.4 Å². The van der Waals surface area contributed by atoms with Gasteiger partial charge in [0.1, 0.15) is 23.1 Å². The van der Waals surface area contributed by atoms with Gasteiger partial charge >= 0.3 is 0 Å². The fraction of sp³-hybridized carbons (Fsp3) is 0.308. The van der Waals surface area contributed by atoms with Gasteiger partial charge in [-0.2, -0.15) is 10.4 Å². The molecule has 0 atom stereocenters. The number of rotatable bonds is 11. The standard InChI is InChI=1S/C26H26N6O8/c1-5-11-39-22-9-7-17(31(35)36)13-19(22)25(33)30(24-21(15-27)16(3)28-29(24)4)26(34)20-14-18(32(37)38)8-10-23(20)40-12-6-2/h7-10,13-14H,5-6,11-12H2,1-4H3. The van der Waals surface area contributed by atoms with E-state index in [2.05, 4.69) is 5.10 Å². The van der Waals surface area contributed by atoms with Crippen molar-refractivity contribution >= 4 is 29.0 Å². The Morgan fingerprint density at radius 1 is 0.950 bits per heavy atom. The minimum Gasteiger partial charge on any atom is -0.493 e. The Morgan fingerprint density at radius 2 is 1.40 bits per heavy atom. The van der Waals surface area contributed by atoms with Crippen molar-refractivity contribution in [1.82, 2.24) is 9.78 Å². The molecule has 14 nitrogen and oxygen atoms in total. The van der Waals surface area contributed by atoms with Gasteiger partial charge in [0.05, 0.1) is 39.9 Å². The van der Waals surface area contributed by atoms with Gasteiger partial charge in [0.2, 0.25) is 0 Å². The maximum absolute atomic E-state index is 14.2. The normalized spacial score (nSPS) is 10.5. The van der Waals surface area contributed by atoms with E-state index in [4.69, 9.17) is 9.47 Å². The number of nitrogens with zero attached hydrogens (tertiary/aromatic N) is 6. The molecule has 0 saturated heterocycles. The Labute approximate surface area is 228 Å². The van der Waals surface area contributed by atoms with E-state index in [1.165, 1.54) is 26.1 Å². The lowest BCUT2D eigenvalue weighted by molar-refractivity contribution is -0.385. The van der Waals surface area contributed by atoms with Crippen LogP contribution in [0.4, 0.5) is 17.2 Å². The van der Waals surface area contributed by atoms with E-state index in [0.717, 1.165) is 28.9 Å². The highest BCUT2D eigenvalue weighted by atomic mass is 16.6. The maximum atomic E-state index is 14.2. The molecule has 1 heterocycles. The molecule has 2 aromatic carbocycles. The molecule has 0 bridgehead atoms. The zero-order valence-electron chi connectivity index (χ0n) is 22.2. The van der Waals surface area contributed by atoms with Gasteiger partial charge in [-0.1, -0.05) is 13.8 Å². The first kappa shape index (κ1) is 29.2. The fourth-order valence-corrected chi connectivity index (χ4v) is 3.83. The maximum Gasteiger partial charge on any atom is 0.270 e. The number of hydrogen-bond acceptors (Lipinski definition) is 10. The average Bonchev–Trinajstić information content (AvgIpc) is 3.22. The molecule has 0 saturated carbocycles. The van der Waals surface area contributed by atoms with Gasteiger partial charge in [0, 0.05) is 31.3 Å². The first-order chi connectivity index (χ1) is 19.0. The van der Waals surface area contributed by atoms with Crippen molar-refractivity contribution in [2.24, 2.45) is 7.05 Å². The van der Waals surface area contributed by atoms with Gasteiger partial charge in [-0.05, 0) is 31.9 Å². The summed E-state index contributed by atoms with van der Waals surface area (Å²) in [6.45, 7) is 5.47. The lowest BCUT2D eigenvalue weighted by Crippen LogP contribution is -2.39. The van der Waals surface area contributed by atoms with Crippen molar-refractivity contribution in [3.63, 3.8) is 0 Å². The van der Waals surface area contributed by atoms with E-state index in [-0.39, 0.29) is 52.9 Å². The average molecular weight is 551 g/mol. The second-order valence-corrected chi connectivity index (χ2v) is 8.54. The molecule has 0 aliphatic carbocycles. The summed E-state index contributed by atoms with van der Waals surface area (Å²) in [6, 6.07) is 8.64. The summed E-state index contributed by atoms with van der Waals surface area (Å²) >= 11 is 0. The first-order valence-electron chi connectivity index (χ1n) is 12.2. The minimum absolute atomic E-state index is 0.0332. The number of nitro groups is 2. The first-order valence-corrected chi connectivity index (χ1v) is 12.2. The SMILES string of the molecule is CCCOc1ccc([N+](=O)[O-])cc1C(=O)N(C(=O)c1cc([N+](=O)[O-])ccc1OCCC)c1c(C#N)c(C)nn1C. The molecule has 14 heteroatoms. The zero-order chi connectivity index (χ0) is 29.6. The van der Waals surface area contributed by atoms with Crippen LogP contribution >= 0.6 is 0 Å². The zero-order valence-corrected chi connectivity index (χ0v) is 22.2. The number of nitriles is 1. The molecule has 0 spiro atoms. The fourth-order valence-electron chi connectivity index (χ4n) is 3.83. The quantitative estimate of drug-likeness (QED) is 0.187. The molecule has 0 unspecified atom stereocenters. The Hall–Kier alpha value is -5.32. The van der Waals surface area contributed by atoms with E-state index in [0.29, 0.717) is 17.7 Å². The molecule has 2 amide bonds. The van der Waals surface area contributed by atoms with Crippen molar-refractivity contribution in [2.45, 2.75) is 33.6 Å². The number of benzene rings is 2. The predicted molar refractivity (Wildman–Crippen MR) is 142 cm³/mol. The Morgan fingerprint density at radius 3 is 1.77 bits per heavy atom. The highest BCUT2D eigenvalue weighted by molar-refractivity contribution is 6.27. The highest BCUT2D eigenvalue weighted by Gasteiger charge is 2.36. The summed E-state index contributed by atoms with van der Waals surface area (Å²) in [6.07, 6.45) is 1.11. The molecule has 0 aliphatic heterocycles. The summed E-state index contributed by atoms with van der Waals surface area (Å²) in [7, 11) is 1.40. The third-order valence-corrected chi connectivity index (χ3v) is 5.65. The van der Waals surface area contributed by atoms with E-state index in [1.807, 2.05) is 19.9 Å². The number of aryl methyl sites for hydroxylation is 2. The highest BCUT2D eigenvalue weighted by Crippen LogP contribution is 2.33. The van der Waals surface area contributed by atoms with Crippen LogP contribution in [-0.4, -0.2) is 44.7 Å². The van der Waals surface area contributed by atoms with Crippen LogP contribution in [0.15, 0.2) is 36.4 Å². The Bertz CT molecular complexity index is 1440. The van der Waals surface area contributed by atoms with Gasteiger partial charge < -0.3 is 9.47 Å². The third-order valence-electron chi connectivity index (χ3n) is 5.65. The number of anilines is 1. The Kier molecular flexibility index (Phi) is 9.12. The Balaban J connectivity index is 2.34. The second kappa shape index (κ2) is 12.5. The second-order valence-electron chi connectivity index (χ2n) is 8.54. The molecule has 208 valence electrons. The summed E-state index contributed by atoms with van der Waals surface area (Å²) in [5.74, 6) is -2.46. The van der Waals surface area contributed by atoms with E-state index < -0.39 is 33.0 Å². The molecular formula is C26H26N6O8. The van der Waals surface area contributed by atoms with Crippen LogP contribution in [0.3, 0.4) is 0 Å². The number of imide groups is 1. The van der Waals surface area contributed by atoms with E-state index in [1.54, 1.807) is 0 Å². The number of aromatic nitrogens is 2. The van der Waals surface area contributed by atoms with Crippen LogP contribution in [0.1, 0.15) is 58.7 Å². The van der Waals surface area contributed by atoms with Crippen LogP contribution in [0.2, 0.25) is 0 Å². The number of amides is 2. The number of ether oxygens (including phenoxy) is 2. The molecule has 0 fully saturated rings. The molecule has 0 N–H and O–H groups in total. The van der Waals surface area contributed by atoms with Crippen LogP contribution in [-0.2, 0) is 7.05 Å². The molecule has 40 heavy (non-hydrogen) atoms. The summed E-state index contributed by atoms with van der Waals surface area (Å²) < 4.78 is 12.4. The van der Waals surface area contributed by atoms with Crippen molar-refractivity contribution in [1.29, 1.82) is 5.26 Å². The smallest absolute Gasteiger partial charge is 0.270 e. The number of hydrogen-bond donors (Lipinski definition) is 0. The number of carbonyl (C=O) groups is 2. The van der Waals surface area contributed by atoms with Crippen LogP contribution in [0.25, 0.3) is 0 Å². The van der Waals surface area contributed by atoms with Crippen molar-refractivity contribution in [3.8, 4) is 17.6 Å². The van der Waals surface area contributed by atoms with Gasteiger partial charge in [-0.15, -0.1) is 0 Å². The summed E-state index contributed by atoms with van der Waals surface area (Å²) in [5.41, 5.74) is -1.46. The molecular weight excluding hydrogens is 524 g/mol. The lowest BCUT2D eigenvalue weighted by atomic mass is 10.1. The largest absolute Gasteiger partial charge is 0.493 e. The van der Waals surface area contributed by atoms with Gasteiger partial charge in [0.15, 0.2) is 5.82 Å². The van der Waals surface area contributed by atoms with Crippen LogP contribution in [0, 0.1) is 38.5 Å². The molecule has 0 aliphatic rings. The lowest BCUT2D eigenvalue weighted by Gasteiger charge is -2.23. The number of nitro benzene ring substituents is 2. The number of non-ortho nitro benzene ring substituents is 2. The third kappa shape index (κ3) is 5.88. The molecule has 1 aromatic heterocycles. The van der Waals surface area contributed by atoms with Gasteiger partial charge in [-0.25, -0.2) is 4.90 Å². The number of carbonyl (C=O) groups excluding carboxylic acids is 2. The molecule has 3 aromatic rings. The minimum atomic E-state index is -1.08.